The minimum Gasteiger partial charge on any atom is -0.497 e. The molecule has 5 heteroatoms. The van der Waals surface area contributed by atoms with E-state index >= 15 is 0 Å². The third-order valence-electron chi connectivity index (χ3n) is 5.40. The van der Waals surface area contributed by atoms with Crippen molar-refractivity contribution < 1.29 is 14.3 Å². The third kappa shape index (κ3) is 5.23. The van der Waals surface area contributed by atoms with Gasteiger partial charge in [-0.3, -0.25) is 10.2 Å². The van der Waals surface area contributed by atoms with Crippen molar-refractivity contribution in [3.8, 4) is 11.5 Å². The predicted molar refractivity (Wildman–Crippen MR) is 104 cm³/mol. The van der Waals surface area contributed by atoms with Crippen molar-refractivity contribution in [2.45, 2.75) is 52.4 Å². The van der Waals surface area contributed by atoms with E-state index in [-0.39, 0.29) is 11.7 Å². The zero-order valence-electron chi connectivity index (χ0n) is 16.5. The summed E-state index contributed by atoms with van der Waals surface area (Å²) in [5.74, 6) is 2.27. The Morgan fingerprint density at radius 3 is 2.31 bits per heavy atom. The Hall–Kier alpha value is -2.04. The molecule has 0 radical (unpaired) electrons. The zero-order chi connectivity index (χ0) is 19.2. The monoisotopic (exact) mass is 360 g/mol. The Labute approximate surface area is 157 Å². The number of hydrogen-bond acceptors (Lipinski definition) is 4. The molecule has 1 fully saturated rings. The first kappa shape index (κ1) is 20.3. The summed E-state index contributed by atoms with van der Waals surface area (Å²) in [5.41, 5.74) is -0.640. The molecule has 1 amide bonds. The number of amidine groups is 1. The molecule has 2 rings (SSSR count). The van der Waals surface area contributed by atoms with E-state index in [9.17, 15) is 4.79 Å². The lowest BCUT2D eigenvalue weighted by Crippen LogP contribution is -2.46. The maximum Gasteiger partial charge on any atom is 0.237 e. The van der Waals surface area contributed by atoms with Gasteiger partial charge >= 0.3 is 0 Å². The smallest absolute Gasteiger partial charge is 0.237 e. The van der Waals surface area contributed by atoms with E-state index in [1.807, 2.05) is 31.2 Å². The van der Waals surface area contributed by atoms with Crippen LogP contribution in [0.25, 0.3) is 0 Å². The van der Waals surface area contributed by atoms with E-state index in [2.05, 4.69) is 0 Å². The number of nitrogens with zero attached hydrogens (tertiary/aromatic N) is 1. The molecule has 1 atom stereocenters. The van der Waals surface area contributed by atoms with Crippen LogP contribution in [0.2, 0.25) is 0 Å². The Morgan fingerprint density at radius 1 is 1.19 bits per heavy atom. The first-order valence-electron chi connectivity index (χ1n) is 9.46. The summed E-state index contributed by atoms with van der Waals surface area (Å²) in [6.07, 6.45) is 6.95. The van der Waals surface area contributed by atoms with Crippen LogP contribution in [0.4, 0.5) is 0 Å². The van der Waals surface area contributed by atoms with Crippen molar-refractivity contribution in [3.63, 3.8) is 0 Å². The van der Waals surface area contributed by atoms with Crippen LogP contribution in [-0.2, 0) is 4.79 Å². The van der Waals surface area contributed by atoms with Gasteiger partial charge < -0.3 is 14.4 Å². The molecular weight excluding hydrogens is 328 g/mol. The van der Waals surface area contributed by atoms with Crippen LogP contribution in [0, 0.1) is 16.7 Å². The summed E-state index contributed by atoms with van der Waals surface area (Å²) in [5, 5.41) is 7.82. The average molecular weight is 360 g/mol. The molecule has 0 saturated heterocycles. The average Bonchev–Trinajstić information content (AvgIpc) is 2.66. The maximum atomic E-state index is 13.1. The van der Waals surface area contributed by atoms with Crippen molar-refractivity contribution in [2.75, 3.05) is 20.8 Å². The fourth-order valence-corrected chi connectivity index (χ4v) is 3.71. The summed E-state index contributed by atoms with van der Waals surface area (Å²) >= 11 is 0. The van der Waals surface area contributed by atoms with Crippen LogP contribution in [0.15, 0.2) is 24.3 Å². The lowest BCUT2D eigenvalue weighted by Gasteiger charge is -2.36. The van der Waals surface area contributed by atoms with Gasteiger partial charge in [0.2, 0.25) is 5.91 Å². The van der Waals surface area contributed by atoms with E-state index in [1.165, 1.54) is 37.0 Å². The molecule has 0 aliphatic heterocycles. The Balaban J connectivity index is 2.12. The number of carbonyl (C=O) groups is 1. The summed E-state index contributed by atoms with van der Waals surface area (Å²) < 4.78 is 11.2. The van der Waals surface area contributed by atoms with Gasteiger partial charge in [-0.2, -0.15) is 0 Å². The molecule has 0 heterocycles. The Bertz CT molecular complexity index is 608. The van der Waals surface area contributed by atoms with Gasteiger partial charge in [0.1, 0.15) is 18.1 Å². The highest BCUT2D eigenvalue weighted by Crippen LogP contribution is 2.36. The summed E-state index contributed by atoms with van der Waals surface area (Å²) in [4.78, 5) is 14.5. The van der Waals surface area contributed by atoms with E-state index in [0.29, 0.717) is 12.5 Å². The molecule has 1 N–H and O–H groups in total. The van der Waals surface area contributed by atoms with Crippen molar-refractivity contribution in [3.05, 3.63) is 24.3 Å². The SMILES string of the molecule is COc1ccc(OCC(C)(CC2CCCCC2)C(=O)N(C)C(C)=N)cc1. The normalized spacial score (nSPS) is 17.2. The number of methoxy groups -OCH3 is 1. The van der Waals surface area contributed by atoms with Gasteiger partial charge in [0.15, 0.2) is 0 Å². The third-order valence-corrected chi connectivity index (χ3v) is 5.40. The minimum absolute atomic E-state index is 0.0379. The van der Waals surface area contributed by atoms with Gasteiger partial charge in [0.25, 0.3) is 0 Å². The van der Waals surface area contributed by atoms with Crippen molar-refractivity contribution >= 4 is 11.7 Å². The standard InChI is InChI=1S/C21H32N2O3/c1-16(22)23(3)20(24)21(2,14-17-8-6-5-7-9-17)15-26-19-12-10-18(25-4)11-13-19/h10-13,17,22H,5-9,14-15H2,1-4H3. The summed E-state index contributed by atoms with van der Waals surface area (Å²) in [6.45, 7) is 3.93. The minimum atomic E-state index is -0.640. The van der Waals surface area contributed by atoms with E-state index in [0.717, 1.165) is 17.9 Å². The topological polar surface area (TPSA) is 62.6 Å². The molecule has 1 aromatic carbocycles. The van der Waals surface area contributed by atoms with Gasteiger partial charge in [-0.25, -0.2) is 0 Å². The Kier molecular flexibility index (Phi) is 7.06. The van der Waals surface area contributed by atoms with Crippen molar-refractivity contribution in [1.29, 1.82) is 5.41 Å². The largest absolute Gasteiger partial charge is 0.497 e. The summed E-state index contributed by atoms with van der Waals surface area (Å²) in [6, 6.07) is 7.42. The second-order valence-electron chi connectivity index (χ2n) is 7.68. The number of ether oxygens (including phenoxy) is 2. The van der Waals surface area contributed by atoms with Crippen LogP contribution >= 0.6 is 0 Å². The van der Waals surface area contributed by atoms with Gasteiger partial charge in [-0.05, 0) is 50.5 Å². The van der Waals surface area contributed by atoms with Gasteiger partial charge in [-0.1, -0.05) is 32.1 Å². The van der Waals surface area contributed by atoms with Gasteiger partial charge in [-0.15, -0.1) is 0 Å². The first-order chi connectivity index (χ1) is 12.4. The summed E-state index contributed by atoms with van der Waals surface area (Å²) in [7, 11) is 3.31. The molecule has 1 aliphatic rings. The van der Waals surface area contributed by atoms with E-state index in [1.54, 1.807) is 21.1 Å². The quantitative estimate of drug-likeness (QED) is 0.575. The fraction of sp³-hybridized carbons (Fsp3) is 0.619. The van der Waals surface area contributed by atoms with Crippen LogP contribution < -0.4 is 9.47 Å². The molecule has 144 valence electrons. The highest BCUT2D eigenvalue weighted by molar-refractivity contribution is 5.97. The van der Waals surface area contributed by atoms with Gasteiger partial charge in [0, 0.05) is 7.05 Å². The molecule has 0 aromatic heterocycles. The van der Waals surface area contributed by atoms with Crippen molar-refractivity contribution in [2.24, 2.45) is 11.3 Å². The van der Waals surface area contributed by atoms with Crippen molar-refractivity contribution in [1.82, 2.24) is 4.90 Å². The molecule has 1 aliphatic carbocycles. The zero-order valence-corrected chi connectivity index (χ0v) is 16.5. The Morgan fingerprint density at radius 2 is 1.77 bits per heavy atom. The lowest BCUT2D eigenvalue weighted by atomic mass is 9.75. The van der Waals surface area contributed by atoms with Crippen LogP contribution in [0.3, 0.4) is 0 Å². The molecular formula is C21H32N2O3. The first-order valence-corrected chi connectivity index (χ1v) is 9.46. The lowest BCUT2D eigenvalue weighted by molar-refractivity contribution is -0.139. The van der Waals surface area contributed by atoms with Crippen LogP contribution in [-0.4, -0.2) is 37.4 Å². The fourth-order valence-electron chi connectivity index (χ4n) is 3.71. The maximum absolute atomic E-state index is 13.1. The molecule has 0 spiro atoms. The second-order valence-corrected chi connectivity index (χ2v) is 7.68. The molecule has 26 heavy (non-hydrogen) atoms. The highest BCUT2D eigenvalue weighted by Gasteiger charge is 2.39. The molecule has 1 aromatic rings. The number of carbonyl (C=O) groups excluding carboxylic acids is 1. The predicted octanol–water partition coefficient (Wildman–Crippen LogP) is 4.51. The number of nitrogens with one attached hydrogen (secondary N) is 1. The van der Waals surface area contributed by atoms with E-state index in [4.69, 9.17) is 14.9 Å². The molecule has 1 unspecified atom stereocenters. The van der Waals surface area contributed by atoms with Crippen LogP contribution in [0.1, 0.15) is 52.4 Å². The van der Waals surface area contributed by atoms with Gasteiger partial charge in [0.05, 0.1) is 18.4 Å². The molecule has 0 bridgehead atoms. The highest BCUT2D eigenvalue weighted by atomic mass is 16.5. The number of benzene rings is 1. The molecule has 5 nitrogen and oxygen atoms in total. The number of hydrogen-bond donors (Lipinski definition) is 1. The van der Waals surface area contributed by atoms with Crippen LogP contribution in [0.5, 0.6) is 11.5 Å². The van der Waals surface area contributed by atoms with E-state index < -0.39 is 5.41 Å². The number of amides is 1. The molecule has 1 saturated carbocycles. The second kappa shape index (κ2) is 9.06. The number of rotatable bonds is 7.